The van der Waals surface area contributed by atoms with Crippen LogP contribution in [0.15, 0.2) is 34.9 Å². The van der Waals surface area contributed by atoms with E-state index in [9.17, 15) is 0 Å². The van der Waals surface area contributed by atoms with Gasteiger partial charge in [-0.3, -0.25) is 5.32 Å². The minimum atomic E-state index is 0.555. The smallest absolute Gasteiger partial charge is 0.134 e. The number of para-hydroxylation sites is 1. The second-order valence-electron chi connectivity index (χ2n) is 3.12. The van der Waals surface area contributed by atoms with Gasteiger partial charge in [0, 0.05) is 24.6 Å². The molecule has 0 saturated heterocycles. The van der Waals surface area contributed by atoms with Crippen molar-refractivity contribution < 1.29 is 9.15 Å². The lowest BCUT2D eigenvalue weighted by atomic mass is 10.2. The van der Waals surface area contributed by atoms with Gasteiger partial charge in [0.05, 0.1) is 13.0 Å². The molecule has 3 heteroatoms. The lowest BCUT2D eigenvalue weighted by Gasteiger charge is -2.00. The molecule has 0 amide bonds. The van der Waals surface area contributed by atoms with Gasteiger partial charge in [-0.25, -0.2) is 0 Å². The van der Waals surface area contributed by atoms with Gasteiger partial charge >= 0.3 is 0 Å². The zero-order valence-electron chi connectivity index (χ0n) is 8.12. The van der Waals surface area contributed by atoms with Gasteiger partial charge in [0.25, 0.3) is 0 Å². The standard InChI is InChI=1S/C11H13NO2/c1-13-8-12-6-9-7-14-11-5-3-2-4-10(9)11/h2-5,7,12H,6,8H2,1H3. The minimum absolute atomic E-state index is 0.555. The van der Waals surface area contributed by atoms with Gasteiger partial charge < -0.3 is 9.15 Å². The summed E-state index contributed by atoms with van der Waals surface area (Å²) in [5.74, 6) is 0. The highest BCUT2D eigenvalue weighted by molar-refractivity contribution is 5.80. The Balaban J connectivity index is 2.17. The van der Waals surface area contributed by atoms with E-state index in [0.29, 0.717) is 6.73 Å². The molecule has 3 nitrogen and oxygen atoms in total. The van der Waals surface area contributed by atoms with Crippen LogP contribution in [0.1, 0.15) is 5.56 Å². The molecule has 0 radical (unpaired) electrons. The fourth-order valence-electron chi connectivity index (χ4n) is 1.46. The first-order valence-electron chi connectivity index (χ1n) is 4.56. The largest absolute Gasteiger partial charge is 0.464 e. The molecule has 0 spiro atoms. The molecule has 0 aliphatic heterocycles. The van der Waals surface area contributed by atoms with Crippen molar-refractivity contribution in [3.63, 3.8) is 0 Å². The molecule has 0 saturated carbocycles. The topological polar surface area (TPSA) is 34.4 Å². The maximum absolute atomic E-state index is 5.40. The number of fused-ring (bicyclic) bond motifs is 1. The van der Waals surface area contributed by atoms with Crippen LogP contribution in [0.3, 0.4) is 0 Å². The molecule has 1 N–H and O–H groups in total. The van der Waals surface area contributed by atoms with Gasteiger partial charge in [0.2, 0.25) is 0 Å². The van der Waals surface area contributed by atoms with Crippen LogP contribution in [0.5, 0.6) is 0 Å². The molecular weight excluding hydrogens is 178 g/mol. The summed E-state index contributed by atoms with van der Waals surface area (Å²) in [7, 11) is 1.67. The predicted octanol–water partition coefficient (Wildman–Crippen LogP) is 2.13. The number of benzene rings is 1. The molecule has 2 rings (SSSR count). The third-order valence-electron chi connectivity index (χ3n) is 2.12. The Morgan fingerprint density at radius 3 is 3.07 bits per heavy atom. The molecule has 0 atom stereocenters. The Bertz CT molecular complexity index is 408. The molecule has 0 fully saturated rings. The van der Waals surface area contributed by atoms with Crippen LogP contribution in [-0.4, -0.2) is 13.8 Å². The van der Waals surface area contributed by atoms with Crippen molar-refractivity contribution in [2.75, 3.05) is 13.8 Å². The summed E-state index contributed by atoms with van der Waals surface area (Å²) in [6, 6.07) is 8.01. The Kier molecular flexibility index (Phi) is 2.81. The average Bonchev–Trinajstić information content (AvgIpc) is 2.63. The number of furan rings is 1. The molecule has 0 aliphatic carbocycles. The van der Waals surface area contributed by atoms with Crippen LogP contribution >= 0.6 is 0 Å². The molecule has 1 heterocycles. The summed E-state index contributed by atoms with van der Waals surface area (Å²) in [6.07, 6.45) is 1.79. The fraction of sp³-hybridized carbons (Fsp3) is 0.273. The minimum Gasteiger partial charge on any atom is -0.464 e. The molecule has 0 aliphatic rings. The maximum Gasteiger partial charge on any atom is 0.134 e. The second-order valence-corrected chi connectivity index (χ2v) is 3.12. The summed E-state index contributed by atoms with van der Waals surface area (Å²) in [5, 5.41) is 4.31. The van der Waals surface area contributed by atoms with Crippen molar-refractivity contribution in [3.05, 3.63) is 36.1 Å². The molecule has 74 valence electrons. The molecule has 0 unspecified atom stereocenters. The summed E-state index contributed by atoms with van der Waals surface area (Å²) >= 11 is 0. The summed E-state index contributed by atoms with van der Waals surface area (Å²) < 4.78 is 10.3. The van der Waals surface area contributed by atoms with Crippen molar-refractivity contribution in [1.82, 2.24) is 5.32 Å². The molecule has 14 heavy (non-hydrogen) atoms. The maximum atomic E-state index is 5.40. The Morgan fingerprint density at radius 2 is 2.21 bits per heavy atom. The number of rotatable bonds is 4. The van der Waals surface area contributed by atoms with Crippen molar-refractivity contribution in [1.29, 1.82) is 0 Å². The molecule has 1 aromatic carbocycles. The fourth-order valence-corrected chi connectivity index (χ4v) is 1.46. The van der Waals surface area contributed by atoms with E-state index < -0.39 is 0 Å². The number of hydrogen-bond donors (Lipinski definition) is 1. The van der Waals surface area contributed by atoms with Crippen molar-refractivity contribution >= 4 is 11.0 Å². The van der Waals surface area contributed by atoms with Gasteiger partial charge in [0.1, 0.15) is 5.58 Å². The van der Waals surface area contributed by atoms with Crippen LogP contribution in [0.2, 0.25) is 0 Å². The number of ether oxygens (including phenoxy) is 1. The van der Waals surface area contributed by atoms with Crippen molar-refractivity contribution in [2.45, 2.75) is 6.54 Å². The van der Waals surface area contributed by atoms with Gasteiger partial charge in [-0.15, -0.1) is 0 Å². The Hall–Kier alpha value is -1.32. The Labute approximate surface area is 82.7 Å². The van der Waals surface area contributed by atoms with Crippen LogP contribution in [0.4, 0.5) is 0 Å². The van der Waals surface area contributed by atoms with Gasteiger partial charge in [-0.1, -0.05) is 18.2 Å². The third kappa shape index (κ3) is 1.78. The lowest BCUT2D eigenvalue weighted by molar-refractivity contribution is 0.174. The first-order valence-corrected chi connectivity index (χ1v) is 4.56. The third-order valence-corrected chi connectivity index (χ3v) is 2.12. The van der Waals surface area contributed by atoms with Crippen molar-refractivity contribution in [3.8, 4) is 0 Å². The molecular formula is C11H13NO2. The summed E-state index contributed by atoms with van der Waals surface area (Å²) in [6.45, 7) is 1.32. The first kappa shape index (κ1) is 9.24. The zero-order chi connectivity index (χ0) is 9.80. The van der Waals surface area contributed by atoms with E-state index >= 15 is 0 Å². The van der Waals surface area contributed by atoms with E-state index in [4.69, 9.17) is 9.15 Å². The summed E-state index contributed by atoms with van der Waals surface area (Å²) in [5.41, 5.74) is 2.10. The zero-order valence-corrected chi connectivity index (χ0v) is 8.12. The van der Waals surface area contributed by atoms with E-state index in [2.05, 4.69) is 11.4 Å². The van der Waals surface area contributed by atoms with E-state index in [1.54, 1.807) is 13.4 Å². The molecule has 0 bridgehead atoms. The highest BCUT2D eigenvalue weighted by Gasteiger charge is 2.03. The lowest BCUT2D eigenvalue weighted by Crippen LogP contribution is -2.15. The number of methoxy groups -OCH3 is 1. The monoisotopic (exact) mass is 191 g/mol. The van der Waals surface area contributed by atoms with Crippen LogP contribution in [0.25, 0.3) is 11.0 Å². The first-order chi connectivity index (χ1) is 6.92. The van der Waals surface area contributed by atoms with Gasteiger partial charge in [-0.05, 0) is 6.07 Å². The van der Waals surface area contributed by atoms with E-state index in [-0.39, 0.29) is 0 Å². The van der Waals surface area contributed by atoms with E-state index in [1.165, 1.54) is 0 Å². The Morgan fingerprint density at radius 1 is 1.36 bits per heavy atom. The summed E-state index contributed by atoms with van der Waals surface area (Å²) in [4.78, 5) is 0. The van der Waals surface area contributed by atoms with E-state index in [1.807, 2.05) is 18.2 Å². The second kappa shape index (κ2) is 4.26. The van der Waals surface area contributed by atoms with Crippen molar-refractivity contribution in [2.24, 2.45) is 0 Å². The number of hydrogen-bond acceptors (Lipinski definition) is 3. The van der Waals surface area contributed by atoms with Crippen LogP contribution in [0, 0.1) is 0 Å². The molecule has 1 aromatic heterocycles. The van der Waals surface area contributed by atoms with Gasteiger partial charge in [0.15, 0.2) is 0 Å². The quantitative estimate of drug-likeness (QED) is 0.593. The SMILES string of the molecule is COCNCc1coc2ccccc12. The number of nitrogens with one attached hydrogen (secondary N) is 1. The van der Waals surface area contributed by atoms with E-state index in [0.717, 1.165) is 23.1 Å². The van der Waals surface area contributed by atoms with Crippen LogP contribution < -0.4 is 5.32 Å². The highest BCUT2D eigenvalue weighted by Crippen LogP contribution is 2.20. The predicted molar refractivity (Wildman–Crippen MR) is 54.9 cm³/mol. The van der Waals surface area contributed by atoms with Gasteiger partial charge in [-0.2, -0.15) is 0 Å². The normalized spacial score (nSPS) is 10.9. The van der Waals surface area contributed by atoms with Crippen LogP contribution in [-0.2, 0) is 11.3 Å². The average molecular weight is 191 g/mol. The highest BCUT2D eigenvalue weighted by atomic mass is 16.5. The molecule has 2 aromatic rings.